The fourth-order valence-electron chi connectivity index (χ4n) is 5.80. The number of fused-ring (bicyclic) bond motifs is 5. The van der Waals surface area contributed by atoms with Crippen LogP contribution in [0.25, 0.3) is 39.1 Å². The van der Waals surface area contributed by atoms with E-state index in [2.05, 4.69) is 52.3 Å². The predicted octanol–water partition coefficient (Wildman–Crippen LogP) is 8.23. The predicted molar refractivity (Wildman–Crippen MR) is 163 cm³/mol. The van der Waals surface area contributed by atoms with Gasteiger partial charge in [-0.25, -0.2) is 14.8 Å². The Morgan fingerprint density at radius 1 is 0.878 bits per heavy atom. The van der Waals surface area contributed by atoms with Crippen LogP contribution in [0.4, 0.5) is 0 Å². The van der Waals surface area contributed by atoms with Crippen LogP contribution in [0.15, 0.2) is 90.6 Å². The van der Waals surface area contributed by atoms with Gasteiger partial charge in [0, 0.05) is 18.3 Å². The molecule has 6 heteroatoms. The smallest absolute Gasteiger partial charge is 0.343 e. The van der Waals surface area contributed by atoms with Gasteiger partial charge in [-0.3, -0.25) is 4.40 Å². The Morgan fingerprint density at radius 3 is 2.39 bits per heavy atom. The number of carbonyl (C=O) groups is 1. The molecule has 6 aromatic rings. The number of esters is 1. The fraction of sp³-hybridized carbons (Fsp3) is 0.229. The quantitative estimate of drug-likeness (QED) is 0.158. The molecule has 3 aromatic carbocycles. The third-order valence-electron chi connectivity index (χ3n) is 8.08. The maximum Gasteiger partial charge on any atom is 0.343 e. The summed E-state index contributed by atoms with van der Waals surface area (Å²) < 4.78 is 10.4. The average molecular weight is 541 g/mol. The van der Waals surface area contributed by atoms with Gasteiger partial charge in [-0.1, -0.05) is 71.3 Å². The largest absolute Gasteiger partial charge is 0.420 e. The number of aromatic nitrogens is 4. The number of allylic oxidation sites excluding steroid dienone is 2. The van der Waals surface area contributed by atoms with Crippen LogP contribution in [-0.4, -0.2) is 24.9 Å². The molecule has 41 heavy (non-hydrogen) atoms. The van der Waals surface area contributed by atoms with E-state index in [-0.39, 0.29) is 0 Å². The van der Waals surface area contributed by atoms with Crippen molar-refractivity contribution >= 4 is 33.7 Å². The number of ether oxygens (including phenoxy) is 1. The Morgan fingerprint density at radius 2 is 1.63 bits per heavy atom. The topological polar surface area (TPSA) is 61.4 Å². The van der Waals surface area contributed by atoms with Crippen LogP contribution < -0.4 is 4.74 Å². The molecule has 0 amide bonds. The van der Waals surface area contributed by atoms with Gasteiger partial charge in [0.25, 0.3) is 0 Å². The standard InChI is InChI=1S/C35H32N4O2/c1-23-12-16-26(17-13-23)32-37-33-31(34-36-28-10-6-7-11-29(28)39(32)34)30(41-35(40)27-18-14-24(2)15-19-27)22-38(33)21-20-25-8-4-3-5-9-25/h6-8,10-19,22H,3-5,9,20-21H2,1-2H3. The van der Waals surface area contributed by atoms with Crippen molar-refractivity contribution in [3.63, 3.8) is 0 Å². The highest BCUT2D eigenvalue weighted by molar-refractivity contribution is 6.03. The first-order valence-electron chi connectivity index (χ1n) is 14.4. The van der Waals surface area contributed by atoms with Crippen molar-refractivity contribution in [2.75, 3.05) is 0 Å². The Kier molecular flexibility index (Phi) is 6.38. The lowest BCUT2D eigenvalue weighted by molar-refractivity contribution is 0.0737. The first kappa shape index (κ1) is 25.3. The molecule has 0 saturated heterocycles. The maximum absolute atomic E-state index is 13.3. The minimum Gasteiger partial charge on any atom is -0.420 e. The van der Waals surface area contributed by atoms with Gasteiger partial charge in [0.05, 0.1) is 16.6 Å². The molecule has 1 aliphatic rings. The van der Waals surface area contributed by atoms with Crippen molar-refractivity contribution in [1.29, 1.82) is 0 Å². The average Bonchev–Trinajstić information content (AvgIpc) is 3.55. The Bertz CT molecular complexity index is 1940. The molecule has 204 valence electrons. The first-order valence-corrected chi connectivity index (χ1v) is 14.4. The van der Waals surface area contributed by atoms with E-state index in [9.17, 15) is 4.79 Å². The second-order valence-electron chi connectivity index (χ2n) is 11.1. The molecule has 0 N–H and O–H groups in total. The van der Waals surface area contributed by atoms with E-state index < -0.39 is 5.97 Å². The molecular formula is C35H32N4O2. The lowest BCUT2D eigenvalue weighted by atomic mass is 9.97. The van der Waals surface area contributed by atoms with Crippen LogP contribution in [0.5, 0.6) is 5.75 Å². The third-order valence-corrected chi connectivity index (χ3v) is 8.08. The normalized spacial score (nSPS) is 13.7. The van der Waals surface area contributed by atoms with Gasteiger partial charge in [-0.15, -0.1) is 0 Å². The van der Waals surface area contributed by atoms with Crippen LogP contribution in [0, 0.1) is 13.8 Å². The van der Waals surface area contributed by atoms with E-state index in [1.54, 1.807) is 12.1 Å². The van der Waals surface area contributed by atoms with Crippen molar-refractivity contribution in [2.45, 2.75) is 52.5 Å². The second-order valence-corrected chi connectivity index (χ2v) is 11.1. The van der Waals surface area contributed by atoms with Gasteiger partial charge >= 0.3 is 5.97 Å². The molecule has 0 atom stereocenters. The Hall–Kier alpha value is -4.71. The van der Waals surface area contributed by atoms with E-state index >= 15 is 0 Å². The van der Waals surface area contributed by atoms with Gasteiger partial charge in [-0.2, -0.15) is 0 Å². The number of nitrogens with zero attached hydrogens (tertiary/aromatic N) is 4. The molecule has 0 aliphatic heterocycles. The molecular weight excluding hydrogens is 508 g/mol. The van der Waals surface area contributed by atoms with E-state index in [0.717, 1.165) is 70.5 Å². The molecule has 3 aromatic heterocycles. The molecule has 0 unspecified atom stereocenters. The van der Waals surface area contributed by atoms with Crippen molar-refractivity contribution in [3.05, 3.63) is 107 Å². The fourth-order valence-corrected chi connectivity index (χ4v) is 5.80. The zero-order valence-electron chi connectivity index (χ0n) is 23.4. The number of imidazole rings is 1. The number of hydrogen-bond donors (Lipinski definition) is 0. The van der Waals surface area contributed by atoms with E-state index in [1.807, 2.05) is 43.5 Å². The van der Waals surface area contributed by atoms with Crippen LogP contribution >= 0.6 is 0 Å². The highest BCUT2D eigenvalue weighted by atomic mass is 16.5. The van der Waals surface area contributed by atoms with Crippen LogP contribution in [0.2, 0.25) is 0 Å². The van der Waals surface area contributed by atoms with Gasteiger partial charge in [0.15, 0.2) is 11.4 Å². The van der Waals surface area contributed by atoms with Crippen molar-refractivity contribution in [1.82, 2.24) is 18.9 Å². The van der Waals surface area contributed by atoms with Crippen LogP contribution in [0.3, 0.4) is 0 Å². The number of aryl methyl sites for hydroxylation is 3. The molecule has 7 rings (SSSR count). The molecule has 1 aliphatic carbocycles. The van der Waals surface area contributed by atoms with Gasteiger partial charge in [0.2, 0.25) is 0 Å². The Labute approximate surface area is 238 Å². The van der Waals surface area contributed by atoms with Gasteiger partial charge < -0.3 is 9.30 Å². The summed E-state index contributed by atoms with van der Waals surface area (Å²) in [6.07, 6.45) is 10.1. The highest BCUT2D eigenvalue weighted by Gasteiger charge is 2.24. The summed E-state index contributed by atoms with van der Waals surface area (Å²) in [7, 11) is 0. The summed E-state index contributed by atoms with van der Waals surface area (Å²) in [5.74, 6) is 0.899. The minimum atomic E-state index is -0.393. The van der Waals surface area contributed by atoms with E-state index in [1.165, 1.54) is 24.0 Å². The second kappa shape index (κ2) is 10.4. The van der Waals surface area contributed by atoms with Crippen molar-refractivity contribution < 1.29 is 9.53 Å². The molecule has 0 fully saturated rings. The third kappa shape index (κ3) is 4.69. The minimum absolute atomic E-state index is 0.393. The summed E-state index contributed by atoms with van der Waals surface area (Å²) in [4.78, 5) is 23.7. The molecule has 6 nitrogen and oxygen atoms in total. The molecule has 0 spiro atoms. The lowest BCUT2D eigenvalue weighted by Crippen LogP contribution is -2.08. The van der Waals surface area contributed by atoms with Crippen molar-refractivity contribution in [2.24, 2.45) is 0 Å². The zero-order chi connectivity index (χ0) is 27.9. The number of rotatable bonds is 6. The monoisotopic (exact) mass is 540 g/mol. The van der Waals surface area contributed by atoms with Gasteiger partial charge in [-0.05, 0) is 70.2 Å². The molecule has 0 saturated carbocycles. The first-order chi connectivity index (χ1) is 20.0. The summed E-state index contributed by atoms with van der Waals surface area (Å²) >= 11 is 0. The van der Waals surface area contributed by atoms with Crippen molar-refractivity contribution in [3.8, 4) is 17.1 Å². The van der Waals surface area contributed by atoms with E-state index in [4.69, 9.17) is 14.7 Å². The van der Waals surface area contributed by atoms with Crippen LogP contribution in [0.1, 0.15) is 53.6 Å². The van der Waals surface area contributed by atoms with Gasteiger partial charge in [0.1, 0.15) is 16.9 Å². The Balaban J connectivity index is 1.45. The lowest BCUT2D eigenvalue weighted by Gasteiger charge is -2.13. The highest BCUT2D eigenvalue weighted by Crippen LogP contribution is 2.37. The maximum atomic E-state index is 13.3. The summed E-state index contributed by atoms with van der Waals surface area (Å²) in [5, 5.41) is 0.746. The zero-order valence-corrected chi connectivity index (χ0v) is 23.4. The summed E-state index contributed by atoms with van der Waals surface area (Å²) in [6.45, 7) is 4.84. The summed E-state index contributed by atoms with van der Waals surface area (Å²) in [6, 6.07) is 24.0. The summed E-state index contributed by atoms with van der Waals surface area (Å²) in [5.41, 5.74) is 8.62. The molecule has 0 bridgehead atoms. The number of para-hydroxylation sites is 2. The number of hydrogen-bond acceptors (Lipinski definition) is 4. The number of carbonyl (C=O) groups excluding carboxylic acids is 1. The SMILES string of the molecule is Cc1ccc(C(=O)Oc2cn(CCC3=CCCCC3)c3nc(-c4ccc(C)cc4)n4c5ccccc5nc4c23)cc1. The van der Waals surface area contributed by atoms with E-state index in [0.29, 0.717) is 11.3 Å². The molecule has 0 radical (unpaired) electrons. The number of benzene rings is 3. The molecule has 3 heterocycles. The van der Waals surface area contributed by atoms with Crippen LogP contribution in [-0.2, 0) is 6.54 Å².